The molecular formula is C24H26N4O3S. The smallest absolute Gasteiger partial charge is 0.267 e. The fourth-order valence-electron chi connectivity index (χ4n) is 3.79. The van der Waals surface area contributed by atoms with Crippen molar-refractivity contribution in [1.29, 1.82) is 0 Å². The lowest BCUT2D eigenvalue weighted by molar-refractivity contribution is -0.132. The van der Waals surface area contributed by atoms with E-state index in [2.05, 4.69) is 10.00 Å². The monoisotopic (exact) mass is 450 g/mol. The van der Waals surface area contributed by atoms with Crippen molar-refractivity contribution in [3.05, 3.63) is 71.0 Å². The van der Waals surface area contributed by atoms with Gasteiger partial charge in [0.15, 0.2) is 0 Å². The lowest BCUT2D eigenvalue weighted by atomic mass is 10.1. The normalized spacial score (nSPS) is 13.8. The van der Waals surface area contributed by atoms with Crippen LogP contribution in [0.2, 0.25) is 0 Å². The Balaban J connectivity index is 1.42. The van der Waals surface area contributed by atoms with Gasteiger partial charge in [0.1, 0.15) is 12.3 Å². The third-order valence-electron chi connectivity index (χ3n) is 5.60. The number of carbonyl (C=O) groups is 1. The molecule has 1 aromatic heterocycles. The first-order valence-corrected chi connectivity index (χ1v) is 11.7. The Bertz CT molecular complexity index is 1140. The topological polar surface area (TPSA) is 67.7 Å². The Kier molecular flexibility index (Phi) is 6.80. The van der Waals surface area contributed by atoms with E-state index in [0.29, 0.717) is 31.9 Å². The van der Waals surface area contributed by atoms with Gasteiger partial charge in [0.25, 0.3) is 5.56 Å². The summed E-state index contributed by atoms with van der Waals surface area (Å²) in [5, 5.41) is 4.44. The molecular weight excluding hydrogens is 424 g/mol. The fourth-order valence-corrected chi connectivity index (χ4v) is 4.20. The van der Waals surface area contributed by atoms with E-state index in [1.807, 2.05) is 54.8 Å². The molecule has 0 unspecified atom stereocenters. The first-order chi connectivity index (χ1) is 15.6. The summed E-state index contributed by atoms with van der Waals surface area (Å²) >= 11 is 1.67. The minimum Gasteiger partial charge on any atom is -0.495 e. The van der Waals surface area contributed by atoms with Gasteiger partial charge in [-0.3, -0.25) is 9.59 Å². The minimum absolute atomic E-state index is 0.0653. The summed E-state index contributed by atoms with van der Waals surface area (Å²) < 4.78 is 6.71. The van der Waals surface area contributed by atoms with E-state index in [1.165, 1.54) is 10.7 Å². The van der Waals surface area contributed by atoms with Crippen molar-refractivity contribution in [2.45, 2.75) is 11.4 Å². The van der Waals surface area contributed by atoms with Crippen molar-refractivity contribution < 1.29 is 9.53 Å². The summed E-state index contributed by atoms with van der Waals surface area (Å²) in [4.78, 5) is 30.4. The number of thioether (sulfide) groups is 1. The number of para-hydroxylation sites is 2. The Morgan fingerprint density at radius 3 is 2.41 bits per heavy atom. The number of hydrogen-bond acceptors (Lipinski definition) is 6. The number of piperazine rings is 1. The molecule has 1 amide bonds. The van der Waals surface area contributed by atoms with Gasteiger partial charge in [-0.05, 0) is 36.6 Å². The Morgan fingerprint density at radius 2 is 1.72 bits per heavy atom. The molecule has 2 heterocycles. The van der Waals surface area contributed by atoms with Gasteiger partial charge < -0.3 is 14.5 Å². The highest BCUT2D eigenvalue weighted by Crippen LogP contribution is 2.28. The maximum atomic E-state index is 12.9. The lowest BCUT2D eigenvalue weighted by Crippen LogP contribution is -2.50. The summed E-state index contributed by atoms with van der Waals surface area (Å²) in [5.41, 5.74) is 2.33. The van der Waals surface area contributed by atoms with Crippen molar-refractivity contribution in [3.63, 3.8) is 0 Å². The molecule has 1 aliphatic heterocycles. The number of amides is 1. The molecule has 166 valence electrons. The van der Waals surface area contributed by atoms with Crippen LogP contribution in [-0.4, -0.2) is 60.1 Å². The number of benzene rings is 2. The molecule has 3 aromatic rings. The van der Waals surface area contributed by atoms with E-state index in [4.69, 9.17) is 4.74 Å². The molecule has 2 aromatic carbocycles. The van der Waals surface area contributed by atoms with E-state index in [9.17, 15) is 9.59 Å². The van der Waals surface area contributed by atoms with E-state index >= 15 is 0 Å². The zero-order valence-electron chi connectivity index (χ0n) is 18.2. The maximum Gasteiger partial charge on any atom is 0.267 e. The Hall–Kier alpha value is -3.26. The second-order valence-corrected chi connectivity index (χ2v) is 8.36. The summed E-state index contributed by atoms with van der Waals surface area (Å²) in [6.45, 7) is 2.51. The highest BCUT2D eigenvalue weighted by atomic mass is 32.2. The van der Waals surface area contributed by atoms with Gasteiger partial charge in [-0.15, -0.1) is 11.8 Å². The van der Waals surface area contributed by atoms with Crippen LogP contribution in [0.5, 0.6) is 5.75 Å². The summed E-state index contributed by atoms with van der Waals surface area (Å²) in [7, 11) is 1.66. The van der Waals surface area contributed by atoms with E-state index in [1.54, 1.807) is 29.8 Å². The van der Waals surface area contributed by atoms with Gasteiger partial charge in [0, 0.05) is 42.7 Å². The molecule has 0 radical (unpaired) electrons. The van der Waals surface area contributed by atoms with Crippen LogP contribution in [0.15, 0.2) is 70.4 Å². The molecule has 1 saturated heterocycles. The number of methoxy groups -OCH3 is 1. The van der Waals surface area contributed by atoms with Crippen LogP contribution in [0, 0.1) is 0 Å². The molecule has 4 rings (SSSR count). The summed E-state index contributed by atoms with van der Waals surface area (Å²) in [6.07, 6.45) is 2.02. The van der Waals surface area contributed by atoms with Crippen LogP contribution >= 0.6 is 11.8 Å². The number of carbonyl (C=O) groups excluding carboxylic acids is 1. The first-order valence-electron chi connectivity index (χ1n) is 10.5. The molecule has 7 nitrogen and oxygen atoms in total. The minimum atomic E-state index is -0.282. The average molecular weight is 451 g/mol. The van der Waals surface area contributed by atoms with Crippen LogP contribution in [0.25, 0.3) is 11.3 Å². The number of ether oxygens (including phenoxy) is 1. The van der Waals surface area contributed by atoms with Gasteiger partial charge in [0.05, 0.1) is 18.5 Å². The van der Waals surface area contributed by atoms with Crippen molar-refractivity contribution in [2.24, 2.45) is 0 Å². The van der Waals surface area contributed by atoms with Gasteiger partial charge in [-0.1, -0.05) is 24.3 Å². The lowest BCUT2D eigenvalue weighted by Gasteiger charge is -2.36. The number of nitrogens with zero attached hydrogens (tertiary/aromatic N) is 4. The van der Waals surface area contributed by atoms with Crippen LogP contribution in [0.3, 0.4) is 0 Å². The van der Waals surface area contributed by atoms with Crippen molar-refractivity contribution >= 4 is 23.4 Å². The number of rotatable bonds is 6. The third kappa shape index (κ3) is 4.80. The highest BCUT2D eigenvalue weighted by molar-refractivity contribution is 7.98. The molecule has 0 N–H and O–H groups in total. The predicted molar refractivity (Wildman–Crippen MR) is 128 cm³/mol. The molecule has 32 heavy (non-hydrogen) atoms. The van der Waals surface area contributed by atoms with E-state index in [-0.39, 0.29) is 18.0 Å². The van der Waals surface area contributed by atoms with Gasteiger partial charge in [-0.25, -0.2) is 4.68 Å². The molecule has 1 aliphatic rings. The van der Waals surface area contributed by atoms with Crippen LogP contribution < -0.4 is 15.2 Å². The first kappa shape index (κ1) is 22.0. The Labute approximate surface area is 191 Å². The zero-order valence-corrected chi connectivity index (χ0v) is 19.0. The van der Waals surface area contributed by atoms with Crippen molar-refractivity contribution in [2.75, 3.05) is 44.4 Å². The standard InChI is InChI=1S/C24H26N4O3S/c1-31-22-6-4-3-5-21(22)26-13-15-27(16-14-26)24(30)17-28-23(29)12-11-20(25-28)18-7-9-19(32-2)10-8-18/h3-12H,13-17H2,1-2H3. The van der Waals surface area contributed by atoms with Crippen LogP contribution in [0.1, 0.15) is 0 Å². The maximum absolute atomic E-state index is 12.9. The average Bonchev–Trinajstić information content (AvgIpc) is 2.85. The second-order valence-electron chi connectivity index (χ2n) is 7.48. The summed E-state index contributed by atoms with van der Waals surface area (Å²) in [5.74, 6) is 0.722. The molecule has 0 spiro atoms. The van der Waals surface area contributed by atoms with Crippen LogP contribution in [0.4, 0.5) is 5.69 Å². The number of anilines is 1. The van der Waals surface area contributed by atoms with E-state index in [0.717, 1.165) is 21.9 Å². The molecule has 0 atom stereocenters. The number of hydrogen-bond donors (Lipinski definition) is 0. The third-order valence-corrected chi connectivity index (χ3v) is 6.34. The molecule has 0 saturated carbocycles. The molecule has 0 bridgehead atoms. The van der Waals surface area contributed by atoms with Crippen molar-refractivity contribution in [3.8, 4) is 17.0 Å². The molecule has 8 heteroatoms. The number of aromatic nitrogens is 2. The quantitative estimate of drug-likeness (QED) is 0.538. The fraction of sp³-hybridized carbons (Fsp3) is 0.292. The Morgan fingerprint density at radius 1 is 1.00 bits per heavy atom. The highest BCUT2D eigenvalue weighted by Gasteiger charge is 2.23. The predicted octanol–water partition coefficient (Wildman–Crippen LogP) is 2.99. The summed E-state index contributed by atoms with van der Waals surface area (Å²) in [6, 6.07) is 19.0. The van der Waals surface area contributed by atoms with E-state index < -0.39 is 0 Å². The molecule has 0 aliphatic carbocycles. The zero-order chi connectivity index (χ0) is 22.5. The van der Waals surface area contributed by atoms with Crippen LogP contribution in [-0.2, 0) is 11.3 Å². The molecule has 1 fully saturated rings. The second kappa shape index (κ2) is 9.91. The largest absolute Gasteiger partial charge is 0.495 e. The van der Waals surface area contributed by atoms with Gasteiger partial charge in [-0.2, -0.15) is 5.10 Å². The van der Waals surface area contributed by atoms with Gasteiger partial charge in [0.2, 0.25) is 5.91 Å². The van der Waals surface area contributed by atoms with Gasteiger partial charge >= 0.3 is 0 Å². The SMILES string of the molecule is COc1ccccc1N1CCN(C(=O)Cn2nc(-c3ccc(SC)cc3)ccc2=O)CC1. The van der Waals surface area contributed by atoms with Crippen molar-refractivity contribution in [1.82, 2.24) is 14.7 Å².